The number of nitrogens with two attached hydrogens (primary N) is 1. The molecule has 16 heavy (non-hydrogen) atoms. The van der Waals surface area contributed by atoms with Crippen LogP contribution in [0, 0.1) is 6.92 Å². The SMILES string of the molecule is CCOCCNC(=O)c1c(N)c(C)nn1C. The van der Waals surface area contributed by atoms with Crippen LogP contribution in [0.2, 0.25) is 0 Å². The fourth-order valence-corrected chi connectivity index (χ4v) is 1.41. The number of nitrogen functional groups attached to an aromatic ring is 1. The van der Waals surface area contributed by atoms with E-state index in [0.717, 1.165) is 0 Å². The highest BCUT2D eigenvalue weighted by molar-refractivity contribution is 5.97. The molecular formula is C10H18N4O2. The van der Waals surface area contributed by atoms with Gasteiger partial charge < -0.3 is 15.8 Å². The van der Waals surface area contributed by atoms with E-state index in [1.54, 1.807) is 14.0 Å². The van der Waals surface area contributed by atoms with Gasteiger partial charge >= 0.3 is 0 Å². The summed E-state index contributed by atoms with van der Waals surface area (Å²) < 4.78 is 6.60. The third kappa shape index (κ3) is 2.73. The Morgan fingerprint density at radius 2 is 2.31 bits per heavy atom. The van der Waals surface area contributed by atoms with Gasteiger partial charge in [-0.15, -0.1) is 0 Å². The second-order valence-electron chi connectivity index (χ2n) is 3.42. The molecule has 0 radical (unpaired) electrons. The average Bonchev–Trinajstić information content (AvgIpc) is 2.48. The van der Waals surface area contributed by atoms with Gasteiger partial charge in [-0.25, -0.2) is 0 Å². The van der Waals surface area contributed by atoms with E-state index in [0.29, 0.717) is 36.8 Å². The molecule has 6 heteroatoms. The van der Waals surface area contributed by atoms with Crippen LogP contribution in [0.25, 0.3) is 0 Å². The Balaban J connectivity index is 2.59. The van der Waals surface area contributed by atoms with Crippen molar-refractivity contribution in [1.82, 2.24) is 15.1 Å². The fraction of sp³-hybridized carbons (Fsp3) is 0.600. The predicted molar refractivity (Wildman–Crippen MR) is 61.2 cm³/mol. The number of rotatable bonds is 5. The van der Waals surface area contributed by atoms with Crippen LogP contribution < -0.4 is 11.1 Å². The van der Waals surface area contributed by atoms with Crippen LogP contribution in [0.1, 0.15) is 23.1 Å². The number of carbonyl (C=O) groups is 1. The molecule has 1 rings (SSSR count). The van der Waals surface area contributed by atoms with Crippen molar-refractivity contribution >= 4 is 11.6 Å². The zero-order valence-corrected chi connectivity index (χ0v) is 9.91. The van der Waals surface area contributed by atoms with Gasteiger partial charge in [-0.1, -0.05) is 0 Å². The first-order valence-electron chi connectivity index (χ1n) is 5.23. The number of carbonyl (C=O) groups excluding carboxylic acids is 1. The lowest BCUT2D eigenvalue weighted by atomic mass is 10.3. The molecule has 0 aliphatic carbocycles. The number of anilines is 1. The normalized spacial score (nSPS) is 10.4. The van der Waals surface area contributed by atoms with Crippen molar-refractivity contribution in [2.75, 3.05) is 25.5 Å². The summed E-state index contributed by atoms with van der Waals surface area (Å²) in [6.45, 7) is 5.29. The quantitative estimate of drug-likeness (QED) is 0.696. The van der Waals surface area contributed by atoms with Crippen LogP contribution in [0.4, 0.5) is 5.69 Å². The molecule has 90 valence electrons. The largest absolute Gasteiger partial charge is 0.395 e. The molecule has 0 aliphatic rings. The maximum Gasteiger partial charge on any atom is 0.271 e. The molecule has 0 spiro atoms. The zero-order chi connectivity index (χ0) is 12.1. The lowest BCUT2D eigenvalue weighted by Crippen LogP contribution is -2.29. The first-order valence-corrected chi connectivity index (χ1v) is 5.23. The van der Waals surface area contributed by atoms with Crippen LogP contribution in [0.15, 0.2) is 0 Å². The number of hydrogen-bond donors (Lipinski definition) is 2. The first-order chi connectivity index (χ1) is 7.57. The standard InChI is InChI=1S/C10H18N4O2/c1-4-16-6-5-12-10(15)9-8(11)7(2)13-14(9)3/h4-6,11H2,1-3H3,(H,12,15). The van der Waals surface area contributed by atoms with Gasteiger partial charge in [0.25, 0.3) is 5.91 Å². The molecule has 0 atom stereocenters. The van der Waals surface area contributed by atoms with Gasteiger partial charge in [0.2, 0.25) is 0 Å². The molecule has 1 aromatic rings. The molecule has 0 aromatic carbocycles. The first kappa shape index (κ1) is 12.5. The molecule has 0 bridgehead atoms. The Morgan fingerprint density at radius 1 is 1.62 bits per heavy atom. The number of nitrogens with one attached hydrogen (secondary N) is 1. The average molecular weight is 226 g/mol. The summed E-state index contributed by atoms with van der Waals surface area (Å²) in [5, 5.41) is 6.80. The molecule has 1 amide bonds. The number of aryl methyl sites for hydroxylation is 2. The summed E-state index contributed by atoms with van der Waals surface area (Å²) in [6.07, 6.45) is 0. The summed E-state index contributed by atoms with van der Waals surface area (Å²) in [5.41, 5.74) is 7.25. The van der Waals surface area contributed by atoms with E-state index in [9.17, 15) is 4.79 Å². The summed E-state index contributed by atoms with van der Waals surface area (Å²) in [5.74, 6) is -0.222. The van der Waals surface area contributed by atoms with Gasteiger partial charge in [0, 0.05) is 20.2 Å². The Bertz CT molecular complexity index is 373. The van der Waals surface area contributed by atoms with E-state index in [2.05, 4.69) is 10.4 Å². The van der Waals surface area contributed by atoms with Crippen molar-refractivity contribution in [1.29, 1.82) is 0 Å². The van der Waals surface area contributed by atoms with E-state index < -0.39 is 0 Å². The second kappa shape index (κ2) is 5.50. The molecule has 0 unspecified atom stereocenters. The summed E-state index contributed by atoms with van der Waals surface area (Å²) in [6, 6.07) is 0. The molecule has 1 heterocycles. The number of amides is 1. The van der Waals surface area contributed by atoms with Gasteiger partial charge in [-0.3, -0.25) is 9.48 Å². The monoisotopic (exact) mass is 226 g/mol. The molecule has 0 saturated carbocycles. The molecule has 0 aliphatic heterocycles. The highest BCUT2D eigenvalue weighted by Crippen LogP contribution is 2.14. The van der Waals surface area contributed by atoms with Crippen LogP contribution in [0.3, 0.4) is 0 Å². The minimum Gasteiger partial charge on any atom is -0.395 e. The van der Waals surface area contributed by atoms with Crippen LogP contribution in [-0.4, -0.2) is 35.4 Å². The van der Waals surface area contributed by atoms with E-state index in [-0.39, 0.29) is 5.91 Å². The van der Waals surface area contributed by atoms with Crippen molar-refractivity contribution < 1.29 is 9.53 Å². The minimum atomic E-state index is -0.222. The third-order valence-corrected chi connectivity index (χ3v) is 2.22. The summed E-state index contributed by atoms with van der Waals surface area (Å²) in [7, 11) is 1.70. The van der Waals surface area contributed by atoms with Gasteiger partial charge in [0.05, 0.1) is 18.0 Å². The van der Waals surface area contributed by atoms with Gasteiger partial charge in [0.15, 0.2) is 0 Å². The highest BCUT2D eigenvalue weighted by Gasteiger charge is 2.16. The number of aromatic nitrogens is 2. The van der Waals surface area contributed by atoms with Crippen molar-refractivity contribution in [2.24, 2.45) is 7.05 Å². The van der Waals surface area contributed by atoms with Crippen molar-refractivity contribution in [2.45, 2.75) is 13.8 Å². The Morgan fingerprint density at radius 3 is 2.81 bits per heavy atom. The Hall–Kier alpha value is -1.56. The lowest BCUT2D eigenvalue weighted by molar-refractivity contribution is 0.0914. The number of ether oxygens (including phenoxy) is 1. The summed E-state index contributed by atoms with van der Waals surface area (Å²) in [4.78, 5) is 11.8. The second-order valence-corrected chi connectivity index (χ2v) is 3.42. The van der Waals surface area contributed by atoms with Crippen molar-refractivity contribution in [3.05, 3.63) is 11.4 Å². The van der Waals surface area contributed by atoms with Gasteiger partial charge in [0.1, 0.15) is 5.69 Å². The zero-order valence-electron chi connectivity index (χ0n) is 9.91. The number of hydrogen-bond acceptors (Lipinski definition) is 4. The predicted octanol–water partition coefficient (Wildman–Crippen LogP) is 0.0770. The van der Waals surface area contributed by atoms with Crippen LogP contribution >= 0.6 is 0 Å². The van der Waals surface area contributed by atoms with E-state index in [1.165, 1.54) is 4.68 Å². The smallest absolute Gasteiger partial charge is 0.271 e. The molecule has 0 fully saturated rings. The maximum absolute atomic E-state index is 11.8. The van der Waals surface area contributed by atoms with Gasteiger partial charge in [-0.2, -0.15) is 5.10 Å². The highest BCUT2D eigenvalue weighted by atomic mass is 16.5. The number of nitrogens with zero attached hydrogens (tertiary/aromatic N) is 2. The topological polar surface area (TPSA) is 82.2 Å². The van der Waals surface area contributed by atoms with E-state index in [4.69, 9.17) is 10.5 Å². The fourth-order valence-electron chi connectivity index (χ4n) is 1.41. The maximum atomic E-state index is 11.8. The molecule has 1 aromatic heterocycles. The van der Waals surface area contributed by atoms with E-state index in [1.807, 2.05) is 6.92 Å². The van der Waals surface area contributed by atoms with Gasteiger partial charge in [-0.05, 0) is 13.8 Å². The minimum absolute atomic E-state index is 0.222. The molecule has 3 N–H and O–H groups in total. The Kier molecular flexibility index (Phi) is 4.30. The van der Waals surface area contributed by atoms with Crippen molar-refractivity contribution in [3.63, 3.8) is 0 Å². The Labute approximate surface area is 94.8 Å². The van der Waals surface area contributed by atoms with E-state index >= 15 is 0 Å². The molecule has 0 saturated heterocycles. The van der Waals surface area contributed by atoms with Crippen LogP contribution in [-0.2, 0) is 11.8 Å². The third-order valence-electron chi connectivity index (χ3n) is 2.22. The lowest BCUT2D eigenvalue weighted by Gasteiger charge is -2.06. The summed E-state index contributed by atoms with van der Waals surface area (Å²) >= 11 is 0. The molecular weight excluding hydrogens is 208 g/mol. The van der Waals surface area contributed by atoms with Crippen LogP contribution in [0.5, 0.6) is 0 Å². The van der Waals surface area contributed by atoms with Crippen molar-refractivity contribution in [3.8, 4) is 0 Å². The molecule has 6 nitrogen and oxygen atoms in total.